The first kappa shape index (κ1) is 13.1. The van der Waals surface area contributed by atoms with E-state index in [1.807, 2.05) is 0 Å². The summed E-state index contributed by atoms with van der Waals surface area (Å²) in [7, 11) is 0. The van der Waals surface area contributed by atoms with Crippen molar-refractivity contribution in [2.24, 2.45) is 5.73 Å². The highest BCUT2D eigenvalue weighted by molar-refractivity contribution is 6.30. The molecule has 2 unspecified atom stereocenters. The van der Waals surface area contributed by atoms with Gasteiger partial charge in [-0.1, -0.05) is 11.6 Å². The Morgan fingerprint density at radius 3 is 2.12 bits per heavy atom. The van der Waals surface area contributed by atoms with Crippen molar-refractivity contribution in [3.05, 3.63) is 29.3 Å². The van der Waals surface area contributed by atoms with Gasteiger partial charge < -0.3 is 10.5 Å². The summed E-state index contributed by atoms with van der Waals surface area (Å²) in [6.07, 6.45) is -6.51. The first-order valence-corrected chi connectivity index (χ1v) is 4.93. The lowest BCUT2D eigenvalue weighted by molar-refractivity contribution is -0.199. The maximum Gasteiger partial charge on any atom is 0.426 e. The van der Waals surface area contributed by atoms with Crippen LogP contribution >= 0.6 is 11.6 Å². The molecule has 0 heterocycles. The molecule has 0 aliphatic rings. The summed E-state index contributed by atoms with van der Waals surface area (Å²) >= 11 is 5.60. The molecule has 2 atom stereocenters. The second-order valence-corrected chi connectivity index (χ2v) is 3.83. The molecule has 1 aromatic carbocycles. The van der Waals surface area contributed by atoms with Crippen LogP contribution < -0.4 is 10.5 Å². The van der Waals surface area contributed by atoms with Crippen LogP contribution in [-0.2, 0) is 0 Å². The van der Waals surface area contributed by atoms with E-state index >= 15 is 0 Å². The van der Waals surface area contributed by atoms with Crippen LogP contribution in [0.4, 0.5) is 13.2 Å². The zero-order chi connectivity index (χ0) is 12.3. The van der Waals surface area contributed by atoms with Crippen LogP contribution in [0.3, 0.4) is 0 Å². The van der Waals surface area contributed by atoms with Crippen molar-refractivity contribution in [3.63, 3.8) is 0 Å². The van der Waals surface area contributed by atoms with E-state index in [-0.39, 0.29) is 5.75 Å². The average molecular weight is 254 g/mol. The van der Waals surface area contributed by atoms with Crippen LogP contribution in [0.1, 0.15) is 6.92 Å². The minimum absolute atomic E-state index is 0.0871. The van der Waals surface area contributed by atoms with Gasteiger partial charge in [0.2, 0.25) is 6.10 Å². The van der Waals surface area contributed by atoms with Gasteiger partial charge in [0.05, 0.1) is 0 Å². The highest BCUT2D eigenvalue weighted by atomic mass is 35.5. The van der Waals surface area contributed by atoms with Crippen molar-refractivity contribution in [1.29, 1.82) is 0 Å². The van der Waals surface area contributed by atoms with Gasteiger partial charge in [-0.15, -0.1) is 0 Å². The van der Waals surface area contributed by atoms with Crippen LogP contribution in [0.25, 0.3) is 0 Å². The van der Waals surface area contributed by atoms with Gasteiger partial charge >= 0.3 is 6.18 Å². The lowest BCUT2D eigenvalue weighted by Crippen LogP contribution is -2.47. The van der Waals surface area contributed by atoms with Gasteiger partial charge in [-0.25, -0.2) is 0 Å². The van der Waals surface area contributed by atoms with Gasteiger partial charge in [-0.2, -0.15) is 13.2 Å². The minimum Gasteiger partial charge on any atom is -0.479 e. The predicted molar refractivity (Wildman–Crippen MR) is 55.6 cm³/mol. The van der Waals surface area contributed by atoms with Crippen molar-refractivity contribution in [1.82, 2.24) is 0 Å². The van der Waals surface area contributed by atoms with Crippen LogP contribution in [-0.4, -0.2) is 18.3 Å². The summed E-state index contributed by atoms with van der Waals surface area (Å²) < 4.78 is 42.3. The normalized spacial score (nSPS) is 15.6. The van der Waals surface area contributed by atoms with E-state index in [4.69, 9.17) is 22.1 Å². The van der Waals surface area contributed by atoms with Gasteiger partial charge in [-0.05, 0) is 31.2 Å². The molecule has 0 saturated carbocycles. The Labute approximate surface area is 96.1 Å². The van der Waals surface area contributed by atoms with Gasteiger partial charge in [-0.3, -0.25) is 0 Å². The van der Waals surface area contributed by atoms with E-state index in [1.54, 1.807) is 0 Å². The highest BCUT2D eigenvalue weighted by Gasteiger charge is 2.44. The monoisotopic (exact) mass is 253 g/mol. The number of nitrogens with two attached hydrogens (primary N) is 1. The van der Waals surface area contributed by atoms with Crippen LogP contribution in [0.15, 0.2) is 24.3 Å². The van der Waals surface area contributed by atoms with Crippen molar-refractivity contribution >= 4 is 11.6 Å². The molecule has 2 N–H and O–H groups in total. The van der Waals surface area contributed by atoms with Gasteiger partial charge in [0.15, 0.2) is 0 Å². The fourth-order valence-electron chi connectivity index (χ4n) is 1.13. The molecule has 90 valence electrons. The summed E-state index contributed by atoms with van der Waals surface area (Å²) in [5.74, 6) is 0.0871. The number of rotatable bonds is 3. The van der Waals surface area contributed by atoms with Gasteiger partial charge in [0.25, 0.3) is 0 Å². The first-order valence-electron chi connectivity index (χ1n) is 4.55. The zero-order valence-electron chi connectivity index (χ0n) is 8.46. The molecule has 0 radical (unpaired) electrons. The number of alkyl halides is 3. The molecule has 0 aromatic heterocycles. The van der Waals surface area contributed by atoms with Crippen molar-refractivity contribution in [2.45, 2.75) is 25.2 Å². The van der Waals surface area contributed by atoms with Crippen LogP contribution in [0.2, 0.25) is 5.02 Å². The Morgan fingerprint density at radius 2 is 1.75 bits per heavy atom. The zero-order valence-corrected chi connectivity index (χ0v) is 9.22. The Morgan fingerprint density at radius 1 is 1.25 bits per heavy atom. The van der Waals surface area contributed by atoms with Crippen molar-refractivity contribution in [3.8, 4) is 5.75 Å². The standard InChI is InChI=1S/C10H11ClF3NO/c1-6(15)9(10(12,13)14)16-8-4-2-7(11)3-5-8/h2-6,9H,15H2,1H3. The third kappa shape index (κ3) is 3.57. The lowest BCUT2D eigenvalue weighted by atomic mass is 10.2. The van der Waals surface area contributed by atoms with E-state index in [1.165, 1.54) is 31.2 Å². The quantitative estimate of drug-likeness (QED) is 0.899. The van der Waals surface area contributed by atoms with Gasteiger partial charge in [0.1, 0.15) is 5.75 Å². The summed E-state index contributed by atoms with van der Waals surface area (Å²) in [6, 6.07) is 4.49. The molecule has 0 fully saturated rings. The maximum absolute atomic E-state index is 12.5. The Kier molecular flexibility index (Phi) is 4.04. The summed E-state index contributed by atoms with van der Waals surface area (Å²) in [5, 5.41) is 0.428. The molecule has 0 spiro atoms. The van der Waals surface area contributed by atoms with Crippen molar-refractivity contribution < 1.29 is 17.9 Å². The minimum atomic E-state index is -4.49. The molecular formula is C10H11ClF3NO. The van der Waals surface area contributed by atoms with E-state index in [0.29, 0.717) is 5.02 Å². The molecule has 1 rings (SSSR count). The molecule has 0 bridgehead atoms. The SMILES string of the molecule is CC(N)C(Oc1ccc(Cl)cc1)C(F)(F)F. The number of ether oxygens (including phenoxy) is 1. The summed E-state index contributed by atoms with van der Waals surface area (Å²) in [6.45, 7) is 1.24. The molecule has 0 aliphatic carbocycles. The summed E-state index contributed by atoms with van der Waals surface area (Å²) in [4.78, 5) is 0. The largest absolute Gasteiger partial charge is 0.479 e. The van der Waals surface area contributed by atoms with Gasteiger partial charge in [0, 0.05) is 11.1 Å². The van der Waals surface area contributed by atoms with Crippen LogP contribution in [0.5, 0.6) is 5.75 Å². The van der Waals surface area contributed by atoms with E-state index in [2.05, 4.69) is 0 Å². The first-order chi connectivity index (χ1) is 7.30. The highest BCUT2D eigenvalue weighted by Crippen LogP contribution is 2.27. The van der Waals surface area contributed by atoms with E-state index in [9.17, 15) is 13.2 Å². The predicted octanol–water partition coefficient (Wildman–Crippen LogP) is 3.00. The number of benzene rings is 1. The summed E-state index contributed by atoms with van der Waals surface area (Å²) in [5.41, 5.74) is 5.23. The Bertz CT molecular complexity index is 337. The topological polar surface area (TPSA) is 35.2 Å². The third-order valence-electron chi connectivity index (χ3n) is 1.88. The molecule has 16 heavy (non-hydrogen) atoms. The molecule has 0 saturated heterocycles. The van der Waals surface area contributed by atoms with Crippen molar-refractivity contribution in [2.75, 3.05) is 0 Å². The molecular weight excluding hydrogens is 243 g/mol. The number of halogens is 4. The fraction of sp³-hybridized carbons (Fsp3) is 0.400. The third-order valence-corrected chi connectivity index (χ3v) is 2.13. The molecule has 0 aliphatic heterocycles. The lowest BCUT2D eigenvalue weighted by Gasteiger charge is -2.24. The molecule has 0 amide bonds. The number of hydrogen-bond donors (Lipinski definition) is 1. The average Bonchev–Trinajstić information content (AvgIpc) is 2.14. The second kappa shape index (κ2) is 4.93. The molecule has 1 aromatic rings. The van der Waals surface area contributed by atoms with E-state index in [0.717, 1.165) is 0 Å². The Balaban J connectivity index is 2.80. The second-order valence-electron chi connectivity index (χ2n) is 3.39. The van der Waals surface area contributed by atoms with Crippen LogP contribution in [0, 0.1) is 0 Å². The van der Waals surface area contributed by atoms with E-state index < -0.39 is 18.3 Å². The fourth-order valence-corrected chi connectivity index (χ4v) is 1.26. The smallest absolute Gasteiger partial charge is 0.426 e. The Hall–Kier alpha value is -0.940. The molecule has 2 nitrogen and oxygen atoms in total. The number of hydrogen-bond acceptors (Lipinski definition) is 2. The maximum atomic E-state index is 12.5. The molecule has 6 heteroatoms.